The number of aromatic nitrogens is 2. The Balaban J connectivity index is 1.44. The first-order chi connectivity index (χ1) is 20.3. The van der Waals surface area contributed by atoms with Gasteiger partial charge in [0.15, 0.2) is 0 Å². The molecule has 3 nitrogen and oxygen atoms in total. The average molecular weight is 654 g/mol. The number of hydrogen-bond donors (Lipinski definition) is 0. The molecule has 0 bridgehead atoms. The van der Waals surface area contributed by atoms with Crippen LogP contribution in [0, 0.1) is 0 Å². The summed E-state index contributed by atoms with van der Waals surface area (Å²) in [5, 5.41) is 7.48. The molecule has 2 aliphatic rings. The quantitative estimate of drug-likeness (QED) is 0.169. The van der Waals surface area contributed by atoms with E-state index in [1.165, 1.54) is 55.2 Å². The zero-order valence-electron chi connectivity index (χ0n) is 21.8. The maximum atomic E-state index is 4.85. The number of para-hydroxylation sites is 2. The second-order valence-corrected chi connectivity index (χ2v) is 14.7. The molecule has 0 saturated carbocycles. The van der Waals surface area contributed by atoms with E-state index in [-0.39, 0.29) is 5.41 Å². The van der Waals surface area contributed by atoms with Crippen molar-refractivity contribution in [2.45, 2.75) is 5.41 Å². The summed E-state index contributed by atoms with van der Waals surface area (Å²) in [6, 6.07) is 40.8. The number of imidazole rings is 1. The predicted molar refractivity (Wildman–Crippen MR) is 170 cm³/mol. The Morgan fingerprint density at radius 1 is 0.537 bits per heavy atom. The van der Waals surface area contributed by atoms with Crippen LogP contribution in [0.4, 0.5) is 11.4 Å². The third-order valence-corrected chi connectivity index (χ3v) is 13.6. The summed E-state index contributed by atoms with van der Waals surface area (Å²) in [6.07, 6.45) is 1.99. The second-order valence-electron chi connectivity index (χ2n) is 10.9. The molecule has 0 amide bonds. The van der Waals surface area contributed by atoms with E-state index in [1.54, 1.807) is 8.87 Å². The summed E-state index contributed by atoms with van der Waals surface area (Å²) in [7, 11) is 0. The Labute approximate surface area is 248 Å². The molecule has 1 spiro atoms. The van der Waals surface area contributed by atoms with Crippen LogP contribution in [0.1, 0.15) is 22.3 Å². The average Bonchev–Trinajstić information content (AvgIpc) is 3.80. The van der Waals surface area contributed by atoms with Crippen molar-refractivity contribution in [2.24, 2.45) is 0 Å². The van der Waals surface area contributed by atoms with Gasteiger partial charge in [0.05, 0.1) is 0 Å². The molecule has 0 N–H and O–H groups in total. The topological polar surface area (TPSA) is 21.1 Å². The maximum absolute atomic E-state index is 4.85. The van der Waals surface area contributed by atoms with Gasteiger partial charge in [0.25, 0.3) is 0 Å². The minimum atomic E-state index is -0.334. The van der Waals surface area contributed by atoms with Crippen LogP contribution < -0.4 is 5.01 Å². The van der Waals surface area contributed by atoms with E-state index in [9.17, 15) is 0 Å². The van der Waals surface area contributed by atoms with E-state index >= 15 is 0 Å². The number of benzene rings is 5. The van der Waals surface area contributed by atoms with Crippen LogP contribution >= 0.6 is 0 Å². The van der Waals surface area contributed by atoms with E-state index in [0.717, 1.165) is 11.0 Å². The van der Waals surface area contributed by atoms with Gasteiger partial charge in [-0.2, -0.15) is 0 Å². The van der Waals surface area contributed by atoms with Crippen molar-refractivity contribution in [2.75, 3.05) is 5.01 Å². The SMILES string of the molecule is c1ccc2cc3c(cc2c1)N(n1cnc2ccccc21)c1cc2ccccc2cc1C31c2cc[se]c2-c2[se]ccc21. The third kappa shape index (κ3) is 2.77. The van der Waals surface area contributed by atoms with Crippen molar-refractivity contribution in [3.8, 4) is 8.87 Å². The van der Waals surface area contributed by atoms with E-state index in [2.05, 4.69) is 129 Å². The molecule has 0 fully saturated rings. The monoisotopic (exact) mass is 655 g/mol. The predicted octanol–water partition coefficient (Wildman–Crippen LogP) is 7.73. The van der Waals surface area contributed by atoms with Crippen LogP contribution in [-0.2, 0) is 5.41 Å². The van der Waals surface area contributed by atoms with Crippen LogP contribution in [0.5, 0.6) is 0 Å². The van der Waals surface area contributed by atoms with Gasteiger partial charge in [-0.15, -0.1) is 0 Å². The van der Waals surface area contributed by atoms with Crippen molar-refractivity contribution in [3.63, 3.8) is 0 Å². The fraction of sp³-hybridized carbons (Fsp3) is 0.0278. The Kier molecular flexibility index (Phi) is 4.40. The molecular weight excluding hydrogens is 632 g/mol. The van der Waals surface area contributed by atoms with Gasteiger partial charge in [-0.25, -0.2) is 0 Å². The molecule has 10 rings (SSSR count). The number of anilines is 2. The molecule has 0 saturated heterocycles. The number of nitrogens with zero attached hydrogens (tertiary/aromatic N) is 3. The van der Waals surface area contributed by atoms with E-state index in [4.69, 9.17) is 4.98 Å². The second kappa shape index (κ2) is 8.00. The summed E-state index contributed by atoms with van der Waals surface area (Å²) in [5.41, 5.74) is 9.91. The van der Waals surface area contributed by atoms with Crippen molar-refractivity contribution < 1.29 is 0 Å². The molecule has 8 aromatic rings. The first-order valence-corrected chi connectivity index (χ1v) is 17.5. The fourth-order valence-electron chi connectivity index (χ4n) is 7.31. The van der Waals surface area contributed by atoms with E-state index < -0.39 is 0 Å². The first kappa shape index (κ1) is 22.6. The molecule has 0 atom stereocenters. The normalized spacial score (nSPS) is 14.5. The van der Waals surface area contributed by atoms with Crippen molar-refractivity contribution in [3.05, 3.63) is 148 Å². The molecule has 1 aliphatic heterocycles. The van der Waals surface area contributed by atoms with Crippen molar-refractivity contribution in [1.82, 2.24) is 9.66 Å². The molecule has 1 aliphatic carbocycles. The van der Waals surface area contributed by atoms with Gasteiger partial charge in [0, 0.05) is 0 Å². The van der Waals surface area contributed by atoms with E-state index in [1.807, 2.05) is 6.33 Å². The standard InChI is InChI=1S/C36H21N3Se2/c1-3-9-24-19-32-28(17-22(24)7-1)36(26-13-15-40-34(26)35-27(36)14-16-41-35)29-18-23-8-2-4-10-25(23)20-33(29)39(32)38-21-37-30-11-5-6-12-31(30)38/h1-21H. The summed E-state index contributed by atoms with van der Waals surface area (Å²) in [5.74, 6) is 0. The van der Waals surface area contributed by atoms with Gasteiger partial charge in [0.2, 0.25) is 0 Å². The van der Waals surface area contributed by atoms with Crippen LogP contribution in [0.2, 0.25) is 0 Å². The molecule has 0 unspecified atom stereocenters. The van der Waals surface area contributed by atoms with Gasteiger partial charge in [-0.1, -0.05) is 0 Å². The summed E-state index contributed by atoms with van der Waals surface area (Å²) >= 11 is 0.748. The Morgan fingerprint density at radius 2 is 1.05 bits per heavy atom. The first-order valence-electron chi connectivity index (χ1n) is 13.8. The fourth-order valence-corrected chi connectivity index (χ4v) is 12.2. The Morgan fingerprint density at radius 3 is 1.63 bits per heavy atom. The summed E-state index contributed by atoms with van der Waals surface area (Å²) in [4.78, 5) is 9.72. The zero-order chi connectivity index (χ0) is 26.7. The minimum absolute atomic E-state index is 0.334. The van der Waals surface area contributed by atoms with Gasteiger partial charge in [0.1, 0.15) is 0 Å². The number of hydrogen-bond acceptors (Lipinski definition) is 2. The number of rotatable bonds is 1. The van der Waals surface area contributed by atoms with Crippen LogP contribution in [0.15, 0.2) is 125 Å². The number of fused-ring (bicyclic) bond motifs is 12. The molecule has 3 aromatic heterocycles. The van der Waals surface area contributed by atoms with Crippen molar-refractivity contribution in [1.29, 1.82) is 0 Å². The molecule has 5 aromatic carbocycles. The molecule has 0 radical (unpaired) electrons. The Hall–Kier alpha value is -4.11. The van der Waals surface area contributed by atoms with Gasteiger partial charge in [-0.05, 0) is 0 Å². The molecular formula is C36H21N3Se2. The van der Waals surface area contributed by atoms with Crippen molar-refractivity contribution >= 4 is 73.0 Å². The van der Waals surface area contributed by atoms with Crippen LogP contribution in [0.3, 0.4) is 0 Å². The molecule has 5 heteroatoms. The molecule has 4 heterocycles. The Bertz CT molecular complexity index is 2220. The van der Waals surface area contributed by atoms with E-state index in [0.29, 0.717) is 29.0 Å². The molecule has 41 heavy (non-hydrogen) atoms. The summed E-state index contributed by atoms with van der Waals surface area (Å²) in [6.45, 7) is 0. The zero-order valence-corrected chi connectivity index (χ0v) is 25.2. The van der Waals surface area contributed by atoms with Crippen LogP contribution in [0.25, 0.3) is 41.5 Å². The van der Waals surface area contributed by atoms with Gasteiger partial charge >= 0.3 is 250 Å². The van der Waals surface area contributed by atoms with Gasteiger partial charge < -0.3 is 0 Å². The summed E-state index contributed by atoms with van der Waals surface area (Å²) < 4.78 is 5.47. The van der Waals surface area contributed by atoms with Crippen LogP contribution in [-0.4, -0.2) is 38.7 Å². The third-order valence-electron chi connectivity index (χ3n) is 8.99. The molecule has 192 valence electrons. The van der Waals surface area contributed by atoms with Gasteiger partial charge in [-0.3, -0.25) is 0 Å².